The van der Waals surface area contributed by atoms with Crippen LogP contribution in [0.3, 0.4) is 0 Å². The number of nitrogens with two attached hydrogens (primary N) is 1. The number of oxime groups is 1. The predicted octanol–water partition coefficient (Wildman–Crippen LogP) is 2.45. The molecule has 2 aromatic rings. The normalized spacial score (nSPS) is 11.3. The molecule has 0 amide bonds. The van der Waals surface area contributed by atoms with Crippen LogP contribution < -0.4 is 10.5 Å². The molecule has 1 heterocycles. The number of hydrogen-bond donors (Lipinski definition) is 2. The lowest BCUT2D eigenvalue weighted by Crippen LogP contribution is -2.15. The van der Waals surface area contributed by atoms with Crippen molar-refractivity contribution < 1.29 is 9.94 Å². The van der Waals surface area contributed by atoms with Gasteiger partial charge in [0.25, 0.3) is 0 Å². The van der Waals surface area contributed by atoms with Crippen LogP contribution in [0, 0.1) is 0 Å². The number of ether oxygens (including phenoxy) is 1. The van der Waals surface area contributed by atoms with Gasteiger partial charge in [0, 0.05) is 23.3 Å². The van der Waals surface area contributed by atoms with Gasteiger partial charge in [-0.15, -0.1) is 0 Å². The largest absolute Gasteiger partial charge is 0.492 e. The summed E-state index contributed by atoms with van der Waals surface area (Å²) in [6.45, 7) is 0.420. The Morgan fingerprint density at radius 3 is 2.90 bits per heavy atom. The number of halogens is 1. The number of pyridine rings is 1. The van der Waals surface area contributed by atoms with E-state index in [0.29, 0.717) is 29.4 Å². The van der Waals surface area contributed by atoms with E-state index >= 15 is 0 Å². The summed E-state index contributed by atoms with van der Waals surface area (Å²) < 4.78 is 5.65. The zero-order valence-electron chi connectivity index (χ0n) is 10.7. The van der Waals surface area contributed by atoms with E-state index in [0.717, 1.165) is 5.69 Å². The Morgan fingerprint density at radius 1 is 1.35 bits per heavy atom. The topological polar surface area (TPSA) is 80.7 Å². The maximum Gasteiger partial charge on any atom is 0.173 e. The third kappa shape index (κ3) is 3.61. The van der Waals surface area contributed by atoms with Crippen LogP contribution >= 0.6 is 11.6 Å². The highest BCUT2D eigenvalue weighted by molar-refractivity contribution is 6.30. The van der Waals surface area contributed by atoms with Crippen LogP contribution in [0.4, 0.5) is 0 Å². The molecule has 1 aromatic carbocycles. The Hall–Kier alpha value is -2.27. The number of amidine groups is 1. The molecule has 3 N–H and O–H groups in total. The maximum atomic E-state index is 8.75. The molecule has 20 heavy (non-hydrogen) atoms. The van der Waals surface area contributed by atoms with Crippen molar-refractivity contribution in [3.8, 4) is 5.75 Å². The van der Waals surface area contributed by atoms with Gasteiger partial charge in [0.2, 0.25) is 0 Å². The minimum Gasteiger partial charge on any atom is -0.492 e. The molecule has 2 rings (SSSR count). The molecule has 0 atom stereocenters. The average Bonchev–Trinajstić information content (AvgIpc) is 2.48. The highest BCUT2D eigenvalue weighted by atomic mass is 35.5. The van der Waals surface area contributed by atoms with Gasteiger partial charge in [0.05, 0.1) is 12.2 Å². The fourth-order valence-electron chi connectivity index (χ4n) is 1.69. The molecule has 0 bridgehead atoms. The van der Waals surface area contributed by atoms with Gasteiger partial charge in [0.15, 0.2) is 5.84 Å². The molecule has 0 aliphatic carbocycles. The Morgan fingerprint density at radius 2 is 2.20 bits per heavy atom. The van der Waals surface area contributed by atoms with Crippen molar-refractivity contribution in [1.29, 1.82) is 0 Å². The summed E-state index contributed by atoms with van der Waals surface area (Å²) in [5.41, 5.74) is 7.02. The zero-order chi connectivity index (χ0) is 14.4. The first-order valence-electron chi connectivity index (χ1n) is 6.01. The second kappa shape index (κ2) is 6.77. The van der Waals surface area contributed by atoms with Gasteiger partial charge in [-0.3, -0.25) is 4.98 Å². The van der Waals surface area contributed by atoms with Gasteiger partial charge in [0.1, 0.15) is 5.75 Å². The van der Waals surface area contributed by atoms with E-state index in [9.17, 15) is 0 Å². The van der Waals surface area contributed by atoms with E-state index < -0.39 is 0 Å². The highest BCUT2D eigenvalue weighted by Crippen LogP contribution is 2.23. The summed E-state index contributed by atoms with van der Waals surface area (Å²) in [6.07, 6.45) is 2.39. The summed E-state index contributed by atoms with van der Waals surface area (Å²) in [5.74, 6) is 0.457. The molecule has 0 radical (unpaired) electrons. The fourth-order valence-corrected chi connectivity index (χ4v) is 1.85. The van der Waals surface area contributed by atoms with Crippen LogP contribution in [0.25, 0.3) is 0 Å². The van der Waals surface area contributed by atoms with E-state index in [-0.39, 0.29) is 5.84 Å². The SMILES string of the molecule is NC(=NO)c1ccc(Cl)cc1OCCc1ccccn1. The highest BCUT2D eigenvalue weighted by Gasteiger charge is 2.09. The standard InChI is InChI=1S/C14H14ClN3O2/c15-10-4-5-12(14(16)18-19)13(9-10)20-8-6-11-3-1-2-7-17-11/h1-5,7,9,19H,6,8H2,(H2,16,18). The molecule has 0 aliphatic heterocycles. The van der Waals surface area contributed by atoms with E-state index in [1.54, 1.807) is 24.4 Å². The lowest BCUT2D eigenvalue weighted by molar-refractivity contribution is 0.313. The van der Waals surface area contributed by atoms with E-state index in [4.69, 9.17) is 27.3 Å². The van der Waals surface area contributed by atoms with Crippen molar-refractivity contribution in [3.63, 3.8) is 0 Å². The lowest BCUT2D eigenvalue weighted by Gasteiger charge is -2.11. The molecule has 5 nitrogen and oxygen atoms in total. The summed E-state index contributed by atoms with van der Waals surface area (Å²) >= 11 is 5.93. The maximum absolute atomic E-state index is 8.75. The Balaban J connectivity index is 2.07. The van der Waals surface area contributed by atoms with Crippen molar-refractivity contribution in [2.24, 2.45) is 10.9 Å². The van der Waals surface area contributed by atoms with Crippen LogP contribution in [0.15, 0.2) is 47.8 Å². The Labute approximate surface area is 121 Å². The van der Waals surface area contributed by atoms with Crippen LogP contribution in [0.1, 0.15) is 11.3 Å². The summed E-state index contributed by atoms with van der Waals surface area (Å²) in [5, 5.41) is 12.2. The molecule has 0 unspecified atom stereocenters. The number of benzene rings is 1. The van der Waals surface area contributed by atoms with Gasteiger partial charge in [-0.05, 0) is 30.3 Å². The van der Waals surface area contributed by atoms with Gasteiger partial charge in [-0.2, -0.15) is 0 Å². The third-order valence-corrected chi connectivity index (χ3v) is 2.90. The van der Waals surface area contributed by atoms with Crippen molar-refractivity contribution in [1.82, 2.24) is 4.98 Å². The van der Waals surface area contributed by atoms with Crippen LogP contribution in [-0.4, -0.2) is 22.6 Å². The van der Waals surface area contributed by atoms with Crippen LogP contribution in [0.2, 0.25) is 5.02 Å². The minimum atomic E-state index is -0.0190. The van der Waals surface area contributed by atoms with Gasteiger partial charge in [-0.1, -0.05) is 22.8 Å². The first-order valence-corrected chi connectivity index (χ1v) is 6.38. The molecular weight excluding hydrogens is 278 g/mol. The smallest absolute Gasteiger partial charge is 0.173 e. The molecular formula is C14H14ClN3O2. The molecule has 0 fully saturated rings. The van der Waals surface area contributed by atoms with Crippen molar-refractivity contribution in [2.45, 2.75) is 6.42 Å². The number of rotatable bonds is 5. The molecule has 0 saturated carbocycles. The third-order valence-electron chi connectivity index (χ3n) is 2.67. The van der Waals surface area contributed by atoms with Crippen molar-refractivity contribution in [2.75, 3.05) is 6.61 Å². The molecule has 0 aliphatic rings. The number of nitrogens with zero attached hydrogens (tertiary/aromatic N) is 2. The summed E-state index contributed by atoms with van der Waals surface area (Å²) in [7, 11) is 0. The second-order valence-corrected chi connectivity index (χ2v) is 4.48. The quantitative estimate of drug-likeness (QED) is 0.384. The van der Waals surface area contributed by atoms with E-state index in [2.05, 4.69) is 10.1 Å². The van der Waals surface area contributed by atoms with E-state index in [1.165, 1.54) is 0 Å². The van der Waals surface area contributed by atoms with Gasteiger partial charge < -0.3 is 15.7 Å². The van der Waals surface area contributed by atoms with Gasteiger partial charge >= 0.3 is 0 Å². The molecule has 104 valence electrons. The summed E-state index contributed by atoms with van der Waals surface area (Å²) in [4.78, 5) is 4.21. The first-order chi connectivity index (χ1) is 9.70. The number of aromatic nitrogens is 1. The number of hydrogen-bond acceptors (Lipinski definition) is 4. The summed E-state index contributed by atoms with van der Waals surface area (Å²) in [6, 6.07) is 10.6. The van der Waals surface area contributed by atoms with Crippen molar-refractivity contribution >= 4 is 17.4 Å². The van der Waals surface area contributed by atoms with E-state index in [1.807, 2.05) is 18.2 Å². The van der Waals surface area contributed by atoms with Crippen LogP contribution in [0.5, 0.6) is 5.75 Å². The first kappa shape index (κ1) is 14.1. The predicted molar refractivity (Wildman–Crippen MR) is 77.4 cm³/mol. The minimum absolute atomic E-state index is 0.0190. The Bertz CT molecular complexity index is 603. The Kier molecular flexibility index (Phi) is 4.79. The monoisotopic (exact) mass is 291 g/mol. The zero-order valence-corrected chi connectivity index (χ0v) is 11.4. The molecule has 6 heteroatoms. The lowest BCUT2D eigenvalue weighted by atomic mass is 10.2. The van der Waals surface area contributed by atoms with Crippen molar-refractivity contribution in [3.05, 3.63) is 58.9 Å². The molecule has 0 saturated heterocycles. The second-order valence-electron chi connectivity index (χ2n) is 4.05. The van der Waals surface area contributed by atoms with Gasteiger partial charge in [-0.25, -0.2) is 0 Å². The van der Waals surface area contributed by atoms with Crippen LogP contribution in [-0.2, 0) is 6.42 Å². The molecule has 0 spiro atoms. The fraction of sp³-hybridized carbons (Fsp3) is 0.143. The average molecular weight is 292 g/mol. The molecule has 1 aromatic heterocycles.